The summed E-state index contributed by atoms with van der Waals surface area (Å²) >= 11 is 0. The third kappa shape index (κ3) is 2.32. The van der Waals surface area contributed by atoms with Gasteiger partial charge in [-0.1, -0.05) is 60.7 Å². The Bertz CT molecular complexity index is 1140. The van der Waals surface area contributed by atoms with Crippen molar-refractivity contribution in [3.63, 3.8) is 0 Å². The average Bonchev–Trinajstić information content (AvgIpc) is 3.27. The average molecular weight is 382 g/mol. The summed E-state index contributed by atoms with van der Waals surface area (Å²) in [7, 11) is 1.84. The van der Waals surface area contributed by atoms with Crippen LogP contribution in [0.2, 0.25) is 0 Å². The van der Waals surface area contributed by atoms with E-state index in [0.717, 1.165) is 40.0 Å². The predicted molar refractivity (Wildman–Crippen MR) is 114 cm³/mol. The van der Waals surface area contributed by atoms with Crippen LogP contribution < -0.4 is 9.80 Å². The van der Waals surface area contributed by atoms with Gasteiger partial charge in [0, 0.05) is 37.5 Å². The van der Waals surface area contributed by atoms with Gasteiger partial charge in [-0.3, -0.25) is 9.59 Å². The van der Waals surface area contributed by atoms with Gasteiger partial charge < -0.3 is 9.80 Å². The van der Waals surface area contributed by atoms with E-state index in [0.29, 0.717) is 6.54 Å². The zero-order chi connectivity index (χ0) is 20.2. The summed E-state index contributed by atoms with van der Waals surface area (Å²) in [4.78, 5) is 29.3. The molecule has 0 N–H and O–H groups in total. The van der Waals surface area contributed by atoms with Gasteiger partial charge in [0.25, 0.3) is 0 Å². The molecule has 0 aromatic heterocycles. The SMILES string of the molecule is CC(=O)N1CCc2cc(C3(c4ccccc4)C(=O)N(C)c4ccccc43)ccc21. The van der Waals surface area contributed by atoms with E-state index in [4.69, 9.17) is 0 Å². The Kier molecular flexibility index (Phi) is 3.85. The minimum absolute atomic E-state index is 0.0475. The standard InChI is InChI=1S/C25H22N2O2/c1-17(28)27-15-14-18-16-20(12-13-22(18)27)25(19-8-4-3-5-9-19)21-10-6-7-11-23(21)26(2)24(25)29/h3-13,16H,14-15H2,1-2H3. The van der Waals surface area contributed by atoms with Crippen LogP contribution in [-0.2, 0) is 21.4 Å². The Morgan fingerprint density at radius 1 is 0.897 bits per heavy atom. The van der Waals surface area contributed by atoms with Gasteiger partial charge in [0.15, 0.2) is 0 Å². The Morgan fingerprint density at radius 3 is 2.38 bits per heavy atom. The zero-order valence-corrected chi connectivity index (χ0v) is 16.6. The molecule has 1 atom stereocenters. The fourth-order valence-electron chi connectivity index (χ4n) is 4.93. The molecule has 2 amide bonds. The first-order valence-corrected chi connectivity index (χ1v) is 9.90. The topological polar surface area (TPSA) is 40.6 Å². The van der Waals surface area contributed by atoms with E-state index in [1.165, 1.54) is 0 Å². The molecule has 0 radical (unpaired) electrons. The van der Waals surface area contributed by atoms with Crippen LogP contribution in [-0.4, -0.2) is 25.4 Å². The summed E-state index contributed by atoms with van der Waals surface area (Å²) in [6.07, 6.45) is 0.805. The maximum Gasteiger partial charge on any atom is 0.246 e. The number of amides is 2. The molecule has 0 bridgehead atoms. The molecule has 4 nitrogen and oxygen atoms in total. The van der Waals surface area contributed by atoms with Crippen LogP contribution in [0.25, 0.3) is 0 Å². The number of likely N-dealkylation sites (N-methyl/N-ethyl adjacent to an activating group) is 1. The smallest absolute Gasteiger partial charge is 0.246 e. The second-order valence-electron chi connectivity index (χ2n) is 7.76. The monoisotopic (exact) mass is 382 g/mol. The molecule has 3 aromatic rings. The van der Waals surface area contributed by atoms with Crippen LogP contribution >= 0.6 is 0 Å². The second kappa shape index (κ2) is 6.31. The fraction of sp³-hybridized carbons (Fsp3) is 0.200. The number of hydrogen-bond donors (Lipinski definition) is 0. The quantitative estimate of drug-likeness (QED) is 0.674. The number of carbonyl (C=O) groups excluding carboxylic acids is 2. The Morgan fingerprint density at radius 2 is 1.62 bits per heavy atom. The highest BCUT2D eigenvalue weighted by Gasteiger charge is 2.52. The van der Waals surface area contributed by atoms with Gasteiger partial charge in [0.2, 0.25) is 11.8 Å². The van der Waals surface area contributed by atoms with Gasteiger partial charge in [-0.25, -0.2) is 0 Å². The van der Waals surface area contributed by atoms with Gasteiger partial charge in [0.1, 0.15) is 5.41 Å². The van der Waals surface area contributed by atoms with E-state index < -0.39 is 5.41 Å². The number of fused-ring (bicyclic) bond motifs is 2. The van der Waals surface area contributed by atoms with Crippen LogP contribution in [0.1, 0.15) is 29.2 Å². The molecule has 29 heavy (non-hydrogen) atoms. The molecule has 0 saturated heterocycles. The Hall–Kier alpha value is -3.40. The van der Waals surface area contributed by atoms with Gasteiger partial charge in [0.05, 0.1) is 0 Å². The highest BCUT2D eigenvalue weighted by molar-refractivity contribution is 6.12. The van der Waals surface area contributed by atoms with Crippen molar-refractivity contribution in [3.05, 3.63) is 95.1 Å². The molecule has 2 aliphatic heterocycles. The minimum atomic E-state index is -0.884. The molecule has 144 valence electrons. The van der Waals surface area contributed by atoms with Crippen molar-refractivity contribution in [1.29, 1.82) is 0 Å². The summed E-state index contributed by atoms with van der Waals surface area (Å²) in [5.74, 6) is 0.0996. The summed E-state index contributed by atoms with van der Waals surface area (Å²) < 4.78 is 0. The first-order valence-electron chi connectivity index (χ1n) is 9.90. The molecule has 5 rings (SSSR count). The summed E-state index contributed by atoms with van der Waals surface area (Å²) in [6, 6.07) is 24.2. The van der Waals surface area contributed by atoms with Gasteiger partial charge in [-0.05, 0) is 35.2 Å². The van der Waals surface area contributed by atoms with Crippen LogP contribution in [0.15, 0.2) is 72.8 Å². The molecule has 0 fully saturated rings. The van der Waals surface area contributed by atoms with Crippen LogP contribution in [0.4, 0.5) is 11.4 Å². The van der Waals surface area contributed by atoms with E-state index in [1.54, 1.807) is 11.8 Å². The summed E-state index contributed by atoms with van der Waals surface area (Å²) in [5, 5.41) is 0. The molecule has 0 saturated carbocycles. The molecule has 3 aromatic carbocycles. The zero-order valence-electron chi connectivity index (χ0n) is 16.6. The third-order valence-corrected chi connectivity index (χ3v) is 6.29. The number of carbonyl (C=O) groups is 2. The summed E-state index contributed by atoms with van der Waals surface area (Å²) in [5.41, 5.74) is 5.04. The molecular weight excluding hydrogens is 360 g/mol. The van der Waals surface area contributed by atoms with Crippen molar-refractivity contribution < 1.29 is 9.59 Å². The first kappa shape index (κ1) is 17.7. The fourth-order valence-corrected chi connectivity index (χ4v) is 4.93. The maximum absolute atomic E-state index is 13.8. The largest absolute Gasteiger partial charge is 0.314 e. The first-order chi connectivity index (χ1) is 14.0. The van der Waals surface area contributed by atoms with E-state index in [1.807, 2.05) is 72.6 Å². The highest BCUT2D eigenvalue weighted by Crippen LogP contribution is 2.50. The van der Waals surface area contributed by atoms with Crippen molar-refractivity contribution in [2.45, 2.75) is 18.8 Å². The van der Waals surface area contributed by atoms with Crippen molar-refractivity contribution in [1.82, 2.24) is 0 Å². The van der Waals surface area contributed by atoms with Crippen molar-refractivity contribution in [2.24, 2.45) is 0 Å². The molecular formula is C25H22N2O2. The molecule has 4 heteroatoms. The van der Waals surface area contributed by atoms with Crippen LogP contribution in [0.5, 0.6) is 0 Å². The van der Waals surface area contributed by atoms with Gasteiger partial charge >= 0.3 is 0 Å². The number of rotatable bonds is 2. The molecule has 2 aliphatic rings. The van der Waals surface area contributed by atoms with Gasteiger partial charge in [-0.2, -0.15) is 0 Å². The highest BCUT2D eigenvalue weighted by atomic mass is 16.2. The lowest BCUT2D eigenvalue weighted by atomic mass is 9.70. The lowest BCUT2D eigenvalue weighted by Gasteiger charge is -2.30. The van der Waals surface area contributed by atoms with E-state index in [2.05, 4.69) is 12.1 Å². The van der Waals surface area contributed by atoms with E-state index in [-0.39, 0.29) is 11.8 Å². The van der Waals surface area contributed by atoms with E-state index in [9.17, 15) is 9.59 Å². The van der Waals surface area contributed by atoms with Crippen molar-refractivity contribution >= 4 is 23.2 Å². The normalized spacial score (nSPS) is 20.0. The predicted octanol–water partition coefficient (Wildman–Crippen LogP) is 3.91. The Labute approximate surface area is 170 Å². The van der Waals surface area contributed by atoms with Crippen LogP contribution in [0, 0.1) is 0 Å². The molecule has 0 aliphatic carbocycles. The number of anilines is 2. The van der Waals surface area contributed by atoms with Crippen molar-refractivity contribution in [3.8, 4) is 0 Å². The molecule has 2 heterocycles. The third-order valence-electron chi connectivity index (χ3n) is 6.29. The number of nitrogens with zero attached hydrogens (tertiary/aromatic N) is 2. The second-order valence-corrected chi connectivity index (χ2v) is 7.76. The molecule has 0 spiro atoms. The lowest BCUT2D eigenvalue weighted by Crippen LogP contribution is -2.40. The van der Waals surface area contributed by atoms with Gasteiger partial charge in [-0.15, -0.1) is 0 Å². The minimum Gasteiger partial charge on any atom is -0.314 e. The number of hydrogen-bond acceptors (Lipinski definition) is 2. The van der Waals surface area contributed by atoms with Crippen molar-refractivity contribution in [2.75, 3.05) is 23.4 Å². The maximum atomic E-state index is 13.8. The summed E-state index contributed by atoms with van der Waals surface area (Å²) in [6.45, 7) is 2.29. The molecule has 1 unspecified atom stereocenters. The number of benzene rings is 3. The van der Waals surface area contributed by atoms with Crippen LogP contribution in [0.3, 0.4) is 0 Å². The Balaban J connectivity index is 1.79. The number of para-hydroxylation sites is 1. The van der Waals surface area contributed by atoms with E-state index >= 15 is 0 Å². The lowest BCUT2D eigenvalue weighted by molar-refractivity contribution is -0.120.